The van der Waals surface area contributed by atoms with Crippen molar-refractivity contribution in [1.29, 1.82) is 5.26 Å². The van der Waals surface area contributed by atoms with E-state index in [1.807, 2.05) is 61.5 Å². The van der Waals surface area contributed by atoms with E-state index >= 15 is 0 Å². The van der Waals surface area contributed by atoms with Gasteiger partial charge in [-0.05, 0) is 35.8 Å². The molecule has 0 bridgehead atoms. The number of nitriles is 1. The molecule has 0 heterocycles. The molecule has 2 aromatic carbocycles. The predicted molar refractivity (Wildman–Crippen MR) is 76.1 cm³/mol. The molecule has 0 aromatic heterocycles. The average molecular weight is 254 g/mol. The van der Waals surface area contributed by atoms with Crippen LogP contribution in [0.4, 0.5) is 0 Å². The Morgan fingerprint density at radius 1 is 1.11 bits per heavy atom. The van der Waals surface area contributed by atoms with Gasteiger partial charge in [0.25, 0.3) is 0 Å². The van der Waals surface area contributed by atoms with Crippen LogP contribution in [0.25, 0.3) is 11.6 Å². The normalized spacial score (nSPS) is 11.1. The van der Waals surface area contributed by atoms with E-state index in [1.54, 1.807) is 0 Å². The SMILES string of the molecule is Cc1ccccc1/C(C#N)=C\c1ccccc1Cl. The van der Waals surface area contributed by atoms with Crippen molar-refractivity contribution in [2.45, 2.75) is 6.92 Å². The van der Waals surface area contributed by atoms with Crippen molar-refractivity contribution < 1.29 is 0 Å². The number of aryl methyl sites for hydroxylation is 1. The van der Waals surface area contributed by atoms with Gasteiger partial charge < -0.3 is 0 Å². The summed E-state index contributed by atoms with van der Waals surface area (Å²) >= 11 is 6.10. The molecule has 0 spiro atoms. The van der Waals surface area contributed by atoms with Crippen molar-refractivity contribution in [3.05, 3.63) is 70.2 Å². The van der Waals surface area contributed by atoms with E-state index in [0.29, 0.717) is 10.6 Å². The fourth-order valence-electron chi connectivity index (χ4n) is 1.79. The van der Waals surface area contributed by atoms with Gasteiger partial charge in [-0.3, -0.25) is 0 Å². The van der Waals surface area contributed by atoms with Crippen molar-refractivity contribution in [3.8, 4) is 6.07 Å². The van der Waals surface area contributed by atoms with Gasteiger partial charge in [-0.15, -0.1) is 0 Å². The monoisotopic (exact) mass is 253 g/mol. The van der Waals surface area contributed by atoms with Crippen molar-refractivity contribution in [3.63, 3.8) is 0 Å². The van der Waals surface area contributed by atoms with Crippen LogP contribution >= 0.6 is 11.6 Å². The first-order valence-electron chi connectivity index (χ1n) is 5.64. The minimum atomic E-state index is 0.626. The van der Waals surface area contributed by atoms with E-state index in [9.17, 15) is 5.26 Å². The van der Waals surface area contributed by atoms with Gasteiger partial charge in [0.2, 0.25) is 0 Å². The molecule has 0 fully saturated rings. The highest BCUT2D eigenvalue weighted by Crippen LogP contribution is 2.24. The molecule has 2 rings (SSSR count). The zero-order chi connectivity index (χ0) is 13.0. The lowest BCUT2D eigenvalue weighted by molar-refractivity contribution is 1.42. The molecule has 0 aliphatic carbocycles. The first-order valence-corrected chi connectivity index (χ1v) is 6.02. The number of hydrogen-bond donors (Lipinski definition) is 0. The van der Waals surface area contributed by atoms with Gasteiger partial charge >= 0.3 is 0 Å². The lowest BCUT2D eigenvalue weighted by atomic mass is 9.99. The summed E-state index contributed by atoms with van der Waals surface area (Å²) in [5, 5.41) is 9.95. The van der Waals surface area contributed by atoms with E-state index in [0.717, 1.165) is 16.7 Å². The summed E-state index contributed by atoms with van der Waals surface area (Å²) in [5.74, 6) is 0. The van der Waals surface area contributed by atoms with E-state index in [4.69, 9.17) is 11.6 Å². The van der Waals surface area contributed by atoms with E-state index in [1.165, 1.54) is 0 Å². The molecule has 1 nitrogen and oxygen atoms in total. The Balaban J connectivity index is 2.52. The first-order chi connectivity index (χ1) is 8.72. The summed E-state index contributed by atoms with van der Waals surface area (Å²) in [6.45, 7) is 1.99. The van der Waals surface area contributed by atoms with Gasteiger partial charge in [-0.25, -0.2) is 0 Å². The summed E-state index contributed by atoms with van der Waals surface area (Å²) < 4.78 is 0. The van der Waals surface area contributed by atoms with E-state index in [2.05, 4.69) is 6.07 Å². The number of rotatable bonds is 2. The van der Waals surface area contributed by atoms with Crippen molar-refractivity contribution in [2.24, 2.45) is 0 Å². The standard InChI is InChI=1S/C16H12ClN/c1-12-6-2-4-8-15(12)14(11-18)10-13-7-3-5-9-16(13)17/h2-10H,1H3/b14-10-. The molecule has 0 saturated carbocycles. The van der Waals surface area contributed by atoms with Gasteiger partial charge in [-0.1, -0.05) is 54.1 Å². The number of nitrogens with zero attached hydrogens (tertiary/aromatic N) is 1. The summed E-state index contributed by atoms with van der Waals surface area (Å²) in [4.78, 5) is 0. The topological polar surface area (TPSA) is 23.8 Å². The van der Waals surface area contributed by atoms with E-state index in [-0.39, 0.29) is 0 Å². The molecule has 2 heteroatoms. The van der Waals surface area contributed by atoms with Crippen LogP contribution in [-0.4, -0.2) is 0 Å². The molecular formula is C16H12ClN. The highest BCUT2D eigenvalue weighted by atomic mass is 35.5. The number of allylic oxidation sites excluding steroid dienone is 1. The van der Waals surface area contributed by atoms with Crippen molar-refractivity contribution >= 4 is 23.3 Å². The highest BCUT2D eigenvalue weighted by molar-refractivity contribution is 6.32. The summed E-state index contributed by atoms with van der Waals surface area (Å²) in [7, 11) is 0. The molecule has 18 heavy (non-hydrogen) atoms. The number of halogens is 1. The van der Waals surface area contributed by atoms with Crippen molar-refractivity contribution in [2.75, 3.05) is 0 Å². The Kier molecular flexibility index (Phi) is 3.82. The molecule has 0 radical (unpaired) electrons. The molecule has 0 amide bonds. The first kappa shape index (κ1) is 12.4. The molecule has 0 saturated heterocycles. The highest BCUT2D eigenvalue weighted by Gasteiger charge is 2.05. The zero-order valence-corrected chi connectivity index (χ0v) is 10.8. The quantitative estimate of drug-likeness (QED) is 0.562. The van der Waals surface area contributed by atoms with Crippen molar-refractivity contribution in [1.82, 2.24) is 0 Å². The fraction of sp³-hybridized carbons (Fsp3) is 0.0625. The smallest absolute Gasteiger partial charge is 0.0998 e. The Labute approximate surface area is 112 Å². The lowest BCUT2D eigenvalue weighted by Crippen LogP contribution is -1.86. The molecule has 0 unspecified atom stereocenters. The molecule has 2 aromatic rings. The predicted octanol–water partition coefficient (Wildman–Crippen LogP) is 4.71. The molecule has 0 N–H and O–H groups in total. The van der Waals surface area contributed by atoms with Gasteiger partial charge in [0.1, 0.15) is 0 Å². The second-order valence-electron chi connectivity index (χ2n) is 4.01. The maximum atomic E-state index is 9.29. The van der Waals surface area contributed by atoms with Gasteiger partial charge in [0.15, 0.2) is 0 Å². The maximum Gasteiger partial charge on any atom is 0.0998 e. The third-order valence-electron chi connectivity index (χ3n) is 2.76. The minimum absolute atomic E-state index is 0.626. The Morgan fingerprint density at radius 2 is 1.78 bits per heavy atom. The van der Waals surface area contributed by atoms with Crippen LogP contribution in [-0.2, 0) is 0 Å². The third kappa shape index (κ3) is 2.61. The minimum Gasteiger partial charge on any atom is -0.192 e. The van der Waals surface area contributed by atoms with Crippen LogP contribution in [0, 0.1) is 18.3 Å². The molecular weight excluding hydrogens is 242 g/mol. The maximum absolute atomic E-state index is 9.29. The molecule has 0 aliphatic heterocycles. The van der Waals surface area contributed by atoms with Gasteiger partial charge in [-0.2, -0.15) is 5.26 Å². The van der Waals surface area contributed by atoms with Crippen LogP contribution in [0.5, 0.6) is 0 Å². The molecule has 88 valence electrons. The van der Waals surface area contributed by atoms with E-state index < -0.39 is 0 Å². The van der Waals surface area contributed by atoms with Crippen LogP contribution < -0.4 is 0 Å². The average Bonchev–Trinajstić information content (AvgIpc) is 2.39. The van der Waals surface area contributed by atoms with Crippen LogP contribution in [0.15, 0.2) is 48.5 Å². The van der Waals surface area contributed by atoms with Crippen LogP contribution in [0.2, 0.25) is 5.02 Å². The molecule has 0 aliphatic rings. The fourth-order valence-corrected chi connectivity index (χ4v) is 1.98. The Bertz CT molecular complexity index is 636. The summed E-state index contributed by atoms with van der Waals surface area (Å²) in [5.41, 5.74) is 3.51. The zero-order valence-electron chi connectivity index (χ0n) is 10.0. The Hall–Kier alpha value is -2.04. The number of hydrogen-bond acceptors (Lipinski definition) is 1. The third-order valence-corrected chi connectivity index (χ3v) is 3.10. The summed E-state index contributed by atoms with van der Waals surface area (Å²) in [6, 6.07) is 17.6. The second-order valence-corrected chi connectivity index (χ2v) is 4.41. The molecule has 0 atom stereocenters. The van der Waals surface area contributed by atoms with Crippen LogP contribution in [0.1, 0.15) is 16.7 Å². The Morgan fingerprint density at radius 3 is 2.44 bits per heavy atom. The second kappa shape index (κ2) is 5.53. The summed E-state index contributed by atoms with van der Waals surface area (Å²) in [6.07, 6.45) is 1.82. The lowest BCUT2D eigenvalue weighted by Gasteiger charge is -2.04. The van der Waals surface area contributed by atoms with Gasteiger partial charge in [0.05, 0.1) is 11.6 Å². The van der Waals surface area contributed by atoms with Crippen LogP contribution in [0.3, 0.4) is 0 Å². The number of benzene rings is 2. The largest absolute Gasteiger partial charge is 0.192 e. The van der Waals surface area contributed by atoms with Gasteiger partial charge in [0, 0.05) is 5.02 Å².